The fourth-order valence-electron chi connectivity index (χ4n) is 2.58. The lowest BCUT2D eigenvalue weighted by Gasteiger charge is -2.31. The molecule has 1 fully saturated rings. The number of nitrogens with one attached hydrogen (secondary N) is 1. The summed E-state index contributed by atoms with van der Waals surface area (Å²) in [6.07, 6.45) is 3.92. The van der Waals surface area contributed by atoms with E-state index in [0.29, 0.717) is 0 Å². The molecule has 0 aliphatic carbocycles. The Morgan fingerprint density at radius 2 is 1.90 bits per heavy atom. The normalized spacial score (nSPS) is 16.6. The van der Waals surface area contributed by atoms with E-state index in [0.717, 1.165) is 36.4 Å². The number of nitrogens with zero attached hydrogens (tertiary/aromatic N) is 2. The van der Waals surface area contributed by atoms with Crippen LogP contribution in [0.1, 0.15) is 36.6 Å². The van der Waals surface area contributed by atoms with E-state index >= 15 is 0 Å². The van der Waals surface area contributed by atoms with E-state index in [-0.39, 0.29) is 24.8 Å². The first-order valence-electron chi connectivity index (χ1n) is 6.99. The Labute approximate surface area is 134 Å². The van der Waals surface area contributed by atoms with Gasteiger partial charge >= 0.3 is 0 Å². The predicted molar refractivity (Wildman–Crippen MR) is 87.0 cm³/mol. The topological polar surface area (TPSA) is 41.3 Å². The molecule has 0 bridgehead atoms. The van der Waals surface area contributed by atoms with Gasteiger partial charge in [-0.2, -0.15) is 0 Å². The third-order valence-electron chi connectivity index (χ3n) is 3.94. The molecule has 0 aromatic carbocycles. The van der Waals surface area contributed by atoms with Crippen molar-refractivity contribution in [1.82, 2.24) is 15.2 Å². The minimum atomic E-state index is 0. The van der Waals surface area contributed by atoms with Gasteiger partial charge in [-0.25, -0.2) is 4.98 Å². The van der Waals surface area contributed by atoms with Crippen molar-refractivity contribution < 1.29 is 4.42 Å². The third kappa shape index (κ3) is 5.60. The first-order chi connectivity index (χ1) is 8.69. The Kier molecular flexibility index (Phi) is 9.47. The zero-order chi connectivity index (χ0) is 13.0. The van der Waals surface area contributed by atoms with Crippen LogP contribution in [0.3, 0.4) is 0 Å². The number of hydrogen-bond acceptors (Lipinski definition) is 4. The van der Waals surface area contributed by atoms with E-state index in [9.17, 15) is 0 Å². The smallest absolute Gasteiger partial charge is 0.208 e. The molecule has 0 spiro atoms. The van der Waals surface area contributed by atoms with Gasteiger partial charge in [0.25, 0.3) is 0 Å². The van der Waals surface area contributed by atoms with Crippen LogP contribution < -0.4 is 5.32 Å². The molecule has 1 aliphatic rings. The first-order valence-corrected chi connectivity index (χ1v) is 6.99. The van der Waals surface area contributed by atoms with Gasteiger partial charge in [-0.15, -0.1) is 24.8 Å². The fraction of sp³-hybridized carbons (Fsp3) is 0.786. The molecule has 1 aromatic heterocycles. The van der Waals surface area contributed by atoms with Crippen molar-refractivity contribution >= 4 is 24.8 Å². The Hall–Kier alpha value is -0.290. The number of halogens is 2. The van der Waals surface area contributed by atoms with E-state index in [1.54, 1.807) is 0 Å². The fourth-order valence-corrected chi connectivity index (χ4v) is 2.58. The van der Waals surface area contributed by atoms with Crippen LogP contribution in [0.5, 0.6) is 0 Å². The van der Waals surface area contributed by atoms with Crippen molar-refractivity contribution in [3.63, 3.8) is 0 Å². The van der Waals surface area contributed by atoms with Crippen molar-refractivity contribution in [3.8, 4) is 0 Å². The first kappa shape index (κ1) is 19.7. The molecular formula is C14H27Cl2N3O. The van der Waals surface area contributed by atoms with Gasteiger partial charge in [-0.05, 0) is 65.7 Å². The molecule has 0 atom stereocenters. The highest BCUT2D eigenvalue weighted by Crippen LogP contribution is 2.21. The van der Waals surface area contributed by atoms with Gasteiger partial charge in [0.2, 0.25) is 5.89 Å². The summed E-state index contributed by atoms with van der Waals surface area (Å²) in [4.78, 5) is 6.91. The summed E-state index contributed by atoms with van der Waals surface area (Å²) in [5.74, 6) is 2.72. The average Bonchev–Trinajstić information content (AvgIpc) is 2.67. The van der Waals surface area contributed by atoms with E-state index < -0.39 is 0 Å². The van der Waals surface area contributed by atoms with Crippen LogP contribution in [0.25, 0.3) is 0 Å². The number of likely N-dealkylation sites (tertiary alicyclic amines) is 1. The summed E-state index contributed by atoms with van der Waals surface area (Å²) in [5, 5.41) is 3.24. The predicted octanol–water partition coefficient (Wildman–Crippen LogP) is 2.96. The van der Waals surface area contributed by atoms with Crippen LogP contribution in [0, 0.1) is 19.8 Å². The monoisotopic (exact) mass is 323 g/mol. The van der Waals surface area contributed by atoms with Crippen LogP contribution in [-0.2, 0) is 6.54 Å². The van der Waals surface area contributed by atoms with Crippen molar-refractivity contribution in [3.05, 3.63) is 17.3 Å². The van der Waals surface area contributed by atoms with E-state index in [1.807, 2.05) is 20.9 Å². The highest BCUT2D eigenvalue weighted by molar-refractivity contribution is 5.85. The lowest BCUT2D eigenvalue weighted by Crippen LogP contribution is -2.34. The van der Waals surface area contributed by atoms with E-state index in [1.165, 1.54) is 32.4 Å². The highest BCUT2D eigenvalue weighted by Gasteiger charge is 2.20. The Bertz CT molecular complexity index is 357. The molecule has 0 radical (unpaired) electrons. The number of hydrogen-bond donors (Lipinski definition) is 1. The molecule has 0 saturated carbocycles. The standard InChI is InChI=1S/C14H25N3O.2ClH/c1-11-12(2)18-14(16-11)10-17-8-5-13(6-9-17)4-7-15-3;;/h13,15H,4-10H2,1-3H3;2*1H. The van der Waals surface area contributed by atoms with Gasteiger partial charge < -0.3 is 9.73 Å². The second-order valence-electron chi connectivity index (χ2n) is 5.36. The van der Waals surface area contributed by atoms with Crippen LogP contribution in [0.15, 0.2) is 4.42 Å². The van der Waals surface area contributed by atoms with E-state index in [4.69, 9.17) is 4.42 Å². The molecule has 1 N–H and O–H groups in total. The van der Waals surface area contributed by atoms with Gasteiger partial charge in [0, 0.05) is 0 Å². The molecule has 2 rings (SSSR count). The molecule has 0 unspecified atom stereocenters. The highest BCUT2D eigenvalue weighted by atomic mass is 35.5. The van der Waals surface area contributed by atoms with E-state index in [2.05, 4.69) is 15.2 Å². The van der Waals surface area contributed by atoms with Gasteiger partial charge in [0.05, 0.1) is 12.2 Å². The van der Waals surface area contributed by atoms with Crippen LogP contribution in [0.2, 0.25) is 0 Å². The molecule has 2 heterocycles. The van der Waals surface area contributed by atoms with Gasteiger partial charge in [-0.3, -0.25) is 4.90 Å². The molecule has 20 heavy (non-hydrogen) atoms. The number of aryl methyl sites for hydroxylation is 2. The summed E-state index contributed by atoms with van der Waals surface area (Å²) in [7, 11) is 2.03. The molecule has 1 saturated heterocycles. The van der Waals surface area contributed by atoms with Crippen molar-refractivity contribution in [2.24, 2.45) is 5.92 Å². The number of piperidine rings is 1. The zero-order valence-corrected chi connectivity index (χ0v) is 14.3. The maximum absolute atomic E-state index is 5.65. The molecule has 118 valence electrons. The van der Waals surface area contributed by atoms with Crippen LogP contribution in [-0.4, -0.2) is 36.6 Å². The summed E-state index contributed by atoms with van der Waals surface area (Å²) in [6.45, 7) is 8.35. The van der Waals surface area contributed by atoms with Crippen LogP contribution in [0.4, 0.5) is 0 Å². The van der Waals surface area contributed by atoms with Crippen molar-refractivity contribution in [2.45, 2.75) is 39.7 Å². The lowest BCUT2D eigenvalue weighted by molar-refractivity contribution is 0.159. The Morgan fingerprint density at radius 1 is 1.25 bits per heavy atom. The Morgan fingerprint density at radius 3 is 2.40 bits per heavy atom. The average molecular weight is 324 g/mol. The lowest BCUT2D eigenvalue weighted by atomic mass is 9.93. The van der Waals surface area contributed by atoms with Gasteiger partial charge in [0.15, 0.2) is 0 Å². The SMILES string of the molecule is CNCCC1CCN(Cc2nc(C)c(C)o2)CC1.Cl.Cl. The minimum Gasteiger partial charge on any atom is -0.444 e. The third-order valence-corrected chi connectivity index (χ3v) is 3.94. The Balaban J connectivity index is 0.00000180. The largest absolute Gasteiger partial charge is 0.444 e. The number of oxazole rings is 1. The molecule has 0 amide bonds. The maximum atomic E-state index is 5.65. The summed E-state index contributed by atoms with van der Waals surface area (Å²) in [6, 6.07) is 0. The summed E-state index contributed by atoms with van der Waals surface area (Å²) >= 11 is 0. The molecule has 4 nitrogen and oxygen atoms in total. The molecule has 1 aromatic rings. The van der Waals surface area contributed by atoms with Gasteiger partial charge in [0.1, 0.15) is 5.76 Å². The second-order valence-corrected chi connectivity index (χ2v) is 5.36. The molecule has 1 aliphatic heterocycles. The number of aromatic nitrogens is 1. The zero-order valence-electron chi connectivity index (χ0n) is 12.6. The maximum Gasteiger partial charge on any atom is 0.208 e. The second kappa shape index (κ2) is 9.61. The number of rotatable bonds is 5. The van der Waals surface area contributed by atoms with Crippen LogP contribution >= 0.6 is 24.8 Å². The summed E-state index contributed by atoms with van der Waals surface area (Å²) < 4.78 is 5.65. The minimum absolute atomic E-state index is 0. The summed E-state index contributed by atoms with van der Waals surface area (Å²) in [5.41, 5.74) is 1.02. The molecular weight excluding hydrogens is 297 g/mol. The quantitative estimate of drug-likeness (QED) is 0.904. The molecule has 6 heteroatoms. The van der Waals surface area contributed by atoms with Gasteiger partial charge in [-0.1, -0.05) is 0 Å². The van der Waals surface area contributed by atoms with Crippen molar-refractivity contribution in [2.75, 3.05) is 26.7 Å². The van der Waals surface area contributed by atoms with Crippen molar-refractivity contribution in [1.29, 1.82) is 0 Å².